The Morgan fingerprint density at radius 3 is 2.38 bits per heavy atom. The molecule has 0 bridgehead atoms. The van der Waals surface area contributed by atoms with Crippen molar-refractivity contribution >= 4 is 43.5 Å². The minimum absolute atomic E-state index is 0.0306. The number of halogens is 1. The van der Waals surface area contributed by atoms with Crippen LogP contribution in [0, 0.1) is 0 Å². The van der Waals surface area contributed by atoms with Crippen molar-refractivity contribution in [3.05, 3.63) is 82.8 Å². The third kappa shape index (κ3) is 6.72. The van der Waals surface area contributed by atoms with E-state index in [2.05, 4.69) is 21.2 Å². The second-order valence-electron chi connectivity index (χ2n) is 8.87. The second-order valence-corrected chi connectivity index (χ2v) is 11.7. The normalized spacial score (nSPS) is 13.3. The summed E-state index contributed by atoms with van der Waals surface area (Å²) in [6.45, 7) is 4.10. The maximum Gasteiger partial charge on any atom is 0.264 e. The number of amides is 2. The Labute approximate surface area is 236 Å². The van der Waals surface area contributed by atoms with Crippen LogP contribution in [0.4, 0.5) is 5.69 Å². The van der Waals surface area contributed by atoms with Crippen LogP contribution in [0.25, 0.3) is 0 Å². The van der Waals surface area contributed by atoms with Gasteiger partial charge in [0.1, 0.15) is 25.8 Å². The molecule has 0 aromatic heterocycles. The molecule has 4 rings (SSSR count). The molecule has 0 unspecified atom stereocenters. The van der Waals surface area contributed by atoms with Crippen LogP contribution in [-0.2, 0) is 26.2 Å². The fourth-order valence-corrected chi connectivity index (χ4v) is 6.05. The van der Waals surface area contributed by atoms with Gasteiger partial charge in [-0.1, -0.05) is 46.3 Å². The lowest BCUT2D eigenvalue weighted by molar-refractivity contribution is -0.139. The first-order chi connectivity index (χ1) is 18.7. The molecule has 1 aliphatic rings. The van der Waals surface area contributed by atoms with E-state index in [0.29, 0.717) is 31.3 Å². The van der Waals surface area contributed by atoms with E-state index in [0.717, 1.165) is 14.3 Å². The summed E-state index contributed by atoms with van der Waals surface area (Å²) in [5.74, 6) is 0.0106. The molecular weight excluding hydrogens is 586 g/mol. The lowest BCUT2D eigenvalue weighted by atomic mass is 10.1. The molecule has 1 N–H and O–H groups in total. The highest BCUT2D eigenvalue weighted by molar-refractivity contribution is 9.10. The van der Waals surface area contributed by atoms with E-state index < -0.39 is 28.5 Å². The molecule has 0 spiro atoms. The van der Waals surface area contributed by atoms with Gasteiger partial charge in [-0.05, 0) is 55.8 Å². The Kier molecular flexibility index (Phi) is 9.13. The predicted octanol–water partition coefficient (Wildman–Crippen LogP) is 3.97. The number of rotatable bonds is 10. The standard InChI is InChI=1S/C28H30BrN3O6S/c1-3-30-28(34)20(2)31(18-21-8-7-9-22(29)16-21)27(33)19-32(39(35,36)24-10-5-4-6-11-24)23-12-13-25-26(17-23)38-15-14-37-25/h4-13,16-17,20H,3,14-15,18-19H2,1-2H3,(H,30,34)/t20-/m0/s1. The topological polar surface area (TPSA) is 105 Å². The van der Waals surface area contributed by atoms with Gasteiger partial charge in [0.2, 0.25) is 11.8 Å². The summed E-state index contributed by atoms with van der Waals surface area (Å²) in [4.78, 5) is 28.1. The van der Waals surface area contributed by atoms with E-state index >= 15 is 0 Å². The number of hydrogen-bond donors (Lipinski definition) is 1. The molecule has 2 amide bonds. The predicted molar refractivity (Wildman–Crippen MR) is 151 cm³/mol. The van der Waals surface area contributed by atoms with Gasteiger partial charge in [0, 0.05) is 23.6 Å². The molecule has 3 aromatic rings. The smallest absolute Gasteiger partial charge is 0.264 e. The van der Waals surface area contributed by atoms with Crippen LogP contribution in [0.1, 0.15) is 19.4 Å². The van der Waals surface area contributed by atoms with Gasteiger partial charge in [0.15, 0.2) is 11.5 Å². The van der Waals surface area contributed by atoms with Gasteiger partial charge in [0.05, 0.1) is 10.6 Å². The van der Waals surface area contributed by atoms with Crippen LogP contribution in [0.3, 0.4) is 0 Å². The van der Waals surface area contributed by atoms with E-state index in [1.807, 2.05) is 24.3 Å². The molecule has 0 radical (unpaired) electrons. The van der Waals surface area contributed by atoms with Crippen LogP contribution < -0.4 is 19.1 Å². The molecule has 206 valence electrons. The first-order valence-electron chi connectivity index (χ1n) is 12.5. The average Bonchev–Trinajstić information content (AvgIpc) is 2.94. The quantitative estimate of drug-likeness (QED) is 0.370. The number of nitrogens with zero attached hydrogens (tertiary/aromatic N) is 2. The average molecular weight is 617 g/mol. The number of sulfonamides is 1. The molecular formula is C28H30BrN3O6S. The Morgan fingerprint density at radius 2 is 1.69 bits per heavy atom. The van der Waals surface area contributed by atoms with Gasteiger partial charge in [-0.25, -0.2) is 8.42 Å². The van der Waals surface area contributed by atoms with Crippen molar-refractivity contribution in [3.63, 3.8) is 0 Å². The van der Waals surface area contributed by atoms with E-state index in [-0.39, 0.29) is 23.0 Å². The molecule has 39 heavy (non-hydrogen) atoms. The zero-order chi connectivity index (χ0) is 28.0. The van der Waals surface area contributed by atoms with Crippen LogP contribution in [0.2, 0.25) is 0 Å². The number of hydrogen-bond acceptors (Lipinski definition) is 6. The van der Waals surface area contributed by atoms with E-state index in [1.54, 1.807) is 50.2 Å². The Balaban J connectivity index is 1.73. The number of nitrogens with one attached hydrogen (secondary N) is 1. The van der Waals surface area contributed by atoms with Gasteiger partial charge < -0.3 is 19.7 Å². The van der Waals surface area contributed by atoms with Crippen LogP contribution in [0.15, 0.2) is 82.2 Å². The molecule has 0 saturated carbocycles. The summed E-state index contributed by atoms with van der Waals surface area (Å²) < 4.78 is 40.9. The van der Waals surface area contributed by atoms with Crippen LogP contribution in [-0.4, -0.2) is 57.5 Å². The fraction of sp³-hybridized carbons (Fsp3) is 0.286. The maximum absolute atomic E-state index is 13.9. The molecule has 0 saturated heterocycles. The summed E-state index contributed by atoms with van der Waals surface area (Å²) in [5, 5.41) is 2.75. The highest BCUT2D eigenvalue weighted by Crippen LogP contribution is 2.36. The molecule has 3 aromatic carbocycles. The first kappa shape index (κ1) is 28.4. The van der Waals surface area contributed by atoms with Crippen molar-refractivity contribution in [2.45, 2.75) is 31.3 Å². The van der Waals surface area contributed by atoms with Gasteiger partial charge in [0.25, 0.3) is 10.0 Å². The SMILES string of the molecule is CCNC(=O)[C@H](C)N(Cc1cccc(Br)c1)C(=O)CN(c1ccc2c(c1)OCCO2)S(=O)(=O)c1ccccc1. The van der Waals surface area contributed by atoms with Gasteiger partial charge in [-0.2, -0.15) is 0 Å². The molecule has 1 atom stereocenters. The summed E-state index contributed by atoms with van der Waals surface area (Å²) in [6, 6.07) is 19.2. The number of ether oxygens (including phenoxy) is 2. The van der Waals surface area contributed by atoms with Crippen molar-refractivity contribution in [2.75, 3.05) is 30.6 Å². The summed E-state index contributed by atoms with van der Waals surface area (Å²) >= 11 is 3.44. The van der Waals surface area contributed by atoms with E-state index in [4.69, 9.17) is 9.47 Å². The van der Waals surface area contributed by atoms with Gasteiger partial charge >= 0.3 is 0 Å². The van der Waals surface area contributed by atoms with Gasteiger partial charge in [-0.3, -0.25) is 13.9 Å². The van der Waals surface area contributed by atoms with E-state index in [1.165, 1.54) is 17.0 Å². The summed E-state index contributed by atoms with van der Waals surface area (Å²) in [7, 11) is -4.16. The number of anilines is 1. The number of likely N-dealkylation sites (N-methyl/N-ethyl adjacent to an activating group) is 1. The third-order valence-electron chi connectivity index (χ3n) is 6.18. The second kappa shape index (κ2) is 12.5. The molecule has 9 nitrogen and oxygen atoms in total. The largest absolute Gasteiger partial charge is 0.486 e. The molecule has 1 heterocycles. The Bertz CT molecular complexity index is 1430. The van der Waals surface area contributed by atoms with Gasteiger partial charge in [-0.15, -0.1) is 0 Å². The van der Waals surface area contributed by atoms with Crippen LogP contribution >= 0.6 is 15.9 Å². The number of carbonyl (C=O) groups excluding carboxylic acids is 2. The zero-order valence-corrected chi connectivity index (χ0v) is 24.1. The Hall–Kier alpha value is -3.57. The third-order valence-corrected chi connectivity index (χ3v) is 8.47. The number of benzene rings is 3. The molecule has 0 fully saturated rings. The summed E-state index contributed by atoms with van der Waals surface area (Å²) in [6.07, 6.45) is 0. The molecule has 0 aliphatic carbocycles. The number of carbonyl (C=O) groups is 2. The van der Waals surface area contributed by atoms with Crippen molar-refractivity contribution in [3.8, 4) is 11.5 Å². The summed E-state index contributed by atoms with van der Waals surface area (Å²) in [5.41, 5.74) is 1.02. The highest BCUT2D eigenvalue weighted by atomic mass is 79.9. The molecule has 11 heteroatoms. The van der Waals surface area contributed by atoms with Crippen molar-refractivity contribution in [2.24, 2.45) is 0 Å². The first-order valence-corrected chi connectivity index (χ1v) is 14.7. The lowest BCUT2D eigenvalue weighted by Crippen LogP contribution is -2.51. The van der Waals surface area contributed by atoms with Crippen molar-refractivity contribution < 1.29 is 27.5 Å². The highest BCUT2D eigenvalue weighted by Gasteiger charge is 2.33. The molecule has 1 aliphatic heterocycles. The van der Waals surface area contributed by atoms with Crippen molar-refractivity contribution in [1.29, 1.82) is 0 Å². The fourth-order valence-electron chi connectivity index (χ4n) is 4.17. The van der Waals surface area contributed by atoms with Crippen molar-refractivity contribution in [1.82, 2.24) is 10.2 Å². The monoisotopic (exact) mass is 615 g/mol. The zero-order valence-electron chi connectivity index (χ0n) is 21.7. The maximum atomic E-state index is 13.9. The van der Waals surface area contributed by atoms with E-state index in [9.17, 15) is 18.0 Å². The number of fused-ring (bicyclic) bond motifs is 1. The lowest BCUT2D eigenvalue weighted by Gasteiger charge is -2.32. The minimum Gasteiger partial charge on any atom is -0.486 e. The van der Waals surface area contributed by atoms with Crippen LogP contribution in [0.5, 0.6) is 11.5 Å². The minimum atomic E-state index is -4.16. The Morgan fingerprint density at radius 1 is 0.974 bits per heavy atom.